The molecule has 0 unspecified atom stereocenters. The molecule has 0 bridgehead atoms. The third-order valence-corrected chi connectivity index (χ3v) is 2.74. The molecule has 0 N–H and O–H groups in total. The first-order valence-corrected chi connectivity index (χ1v) is 5.30. The molecule has 0 fully saturated rings. The zero-order valence-electron chi connectivity index (χ0n) is 7.63. The number of alkyl halides is 1. The van der Waals surface area contributed by atoms with Crippen molar-refractivity contribution in [3.05, 3.63) is 35.9 Å². The van der Waals surface area contributed by atoms with E-state index in [1.165, 1.54) is 12.0 Å². The third-order valence-electron chi connectivity index (χ3n) is 1.84. The average Bonchev–Trinajstić information content (AvgIpc) is 2.05. The average molecular weight is 227 g/mol. The van der Waals surface area contributed by atoms with Gasteiger partial charge in [0.05, 0.1) is 0 Å². The number of halogens is 1. The Kier molecular flexibility index (Phi) is 3.80. The molecule has 12 heavy (non-hydrogen) atoms. The van der Waals surface area contributed by atoms with E-state index >= 15 is 0 Å². The van der Waals surface area contributed by atoms with E-state index in [2.05, 4.69) is 60.1 Å². The van der Waals surface area contributed by atoms with E-state index in [1.807, 2.05) is 0 Å². The van der Waals surface area contributed by atoms with Gasteiger partial charge >= 0.3 is 0 Å². The summed E-state index contributed by atoms with van der Waals surface area (Å²) in [5.41, 5.74) is 1.38. The van der Waals surface area contributed by atoms with Crippen molar-refractivity contribution < 1.29 is 0 Å². The molecule has 0 saturated heterocycles. The molecule has 66 valence electrons. The van der Waals surface area contributed by atoms with Crippen LogP contribution >= 0.6 is 15.9 Å². The molecule has 0 heterocycles. The molecule has 0 aliphatic carbocycles. The van der Waals surface area contributed by atoms with Crippen LogP contribution in [0, 0.1) is 5.92 Å². The minimum absolute atomic E-state index is 0.513. The summed E-state index contributed by atoms with van der Waals surface area (Å²) in [6.45, 7) is 4.49. The molecule has 0 spiro atoms. The Morgan fingerprint density at radius 2 is 1.75 bits per heavy atom. The van der Waals surface area contributed by atoms with Gasteiger partial charge in [-0.3, -0.25) is 0 Å². The molecule has 1 rings (SSSR count). The molecule has 1 heteroatoms. The fourth-order valence-electron chi connectivity index (χ4n) is 1.21. The molecule has 0 amide bonds. The Balaban J connectivity index is 2.59. The molecule has 0 radical (unpaired) electrons. The van der Waals surface area contributed by atoms with Crippen molar-refractivity contribution in [1.29, 1.82) is 0 Å². The van der Waals surface area contributed by atoms with E-state index < -0.39 is 0 Å². The van der Waals surface area contributed by atoms with Crippen LogP contribution in [0.1, 0.15) is 30.7 Å². The van der Waals surface area contributed by atoms with Crippen molar-refractivity contribution in [2.24, 2.45) is 5.92 Å². The molecular formula is C11H15Br. The molecule has 0 aliphatic heterocycles. The summed E-state index contributed by atoms with van der Waals surface area (Å²) in [5, 5.41) is 0. The first-order chi connectivity index (χ1) is 5.70. The predicted molar refractivity (Wildman–Crippen MR) is 57.6 cm³/mol. The fourth-order valence-corrected chi connectivity index (χ4v) is 2.26. The highest BCUT2D eigenvalue weighted by molar-refractivity contribution is 9.09. The van der Waals surface area contributed by atoms with E-state index in [-0.39, 0.29) is 0 Å². The summed E-state index contributed by atoms with van der Waals surface area (Å²) in [7, 11) is 0. The van der Waals surface area contributed by atoms with Crippen molar-refractivity contribution in [3.8, 4) is 0 Å². The first-order valence-electron chi connectivity index (χ1n) is 4.39. The number of rotatable bonds is 3. The quantitative estimate of drug-likeness (QED) is 0.680. The zero-order chi connectivity index (χ0) is 8.97. The van der Waals surface area contributed by atoms with Gasteiger partial charge in [0.25, 0.3) is 0 Å². The summed E-state index contributed by atoms with van der Waals surface area (Å²) >= 11 is 3.69. The SMILES string of the molecule is CC(C)C[C@@H](Br)c1ccccc1. The van der Waals surface area contributed by atoms with E-state index in [4.69, 9.17) is 0 Å². The zero-order valence-corrected chi connectivity index (χ0v) is 9.21. The Morgan fingerprint density at radius 3 is 2.25 bits per heavy atom. The van der Waals surface area contributed by atoms with E-state index in [0.717, 1.165) is 5.92 Å². The Morgan fingerprint density at radius 1 is 1.17 bits per heavy atom. The molecule has 1 aromatic carbocycles. The van der Waals surface area contributed by atoms with Gasteiger partial charge in [0.1, 0.15) is 0 Å². The monoisotopic (exact) mass is 226 g/mol. The van der Waals surface area contributed by atoms with Crippen LogP contribution in [0.15, 0.2) is 30.3 Å². The van der Waals surface area contributed by atoms with Gasteiger partial charge in [-0.15, -0.1) is 0 Å². The van der Waals surface area contributed by atoms with Crippen molar-refractivity contribution in [2.45, 2.75) is 25.1 Å². The minimum atomic E-state index is 0.513. The van der Waals surface area contributed by atoms with Crippen LogP contribution in [0.2, 0.25) is 0 Å². The van der Waals surface area contributed by atoms with Crippen LogP contribution in [0.4, 0.5) is 0 Å². The predicted octanol–water partition coefficient (Wildman–Crippen LogP) is 4.17. The van der Waals surface area contributed by atoms with E-state index in [1.54, 1.807) is 0 Å². The number of hydrogen-bond donors (Lipinski definition) is 0. The largest absolute Gasteiger partial charge is 0.0839 e. The lowest BCUT2D eigenvalue weighted by Gasteiger charge is -2.11. The van der Waals surface area contributed by atoms with Gasteiger partial charge in [-0.1, -0.05) is 60.1 Å². The molecular weight excluding hydrogens is 212 g/mol. The summed E-state index contributed by atoms with van der Waals surface area (Å²) in [4.78, 5) is 0.513. The van der Waals surface area contributed by atoms with Gasteiger partial charge in [0, 0.05) is 4.83 Å². The molecule has 0 saturated carbocycles. The maximum atomic E-state index is 3.69. The van der Waals surface area contributed by atoms with Gasteiger partial charge in [-0.05, 0) is 17.9 Å². The second kappa shape index (κ2) is 4.66. The molecule has 0 aliphatic rings. The normalized spacial score (nSPS) is 13.3. The molecule has 1 atom stereocenters. The van der Waals surface area contributed by atoms with Crippen molar-refractivity contribution >= 4 is 15.9 Å². The van der Waals surface area contributed by atoms with Crippen LogP contribution < -0.4 is 0 Å². The van der Waals surface area contributed by atoms with Crippen LogP contribution in [-0.2, 0) is 0 Å². The maximum Gasteiger partial charge on any atom is 0.0397 e. The van der Waals surface area contributed by atoms with Crippen LogP contribution in [0.25, 0.3) is 0 Å². The molecule has 0 aromatic heterocycles. The summed E-state index contributed by atoms with van der Waals surface area (Å²) in [6, 6.07) is 10.6. The Bertz CT molecular complexity index is 216. The van der Waals surface area contributed by atoms with Crippen LogP contribution in [0.5, 0.6) is 0 Å². The van der Waals surface area contributed by atoms with Crippen molar-refractivity contribution in [2.75, 3.05) is 0 Å². The standard InChI is InChI=1S/C11H15Br/c1-9(2)8-11(12)10-6-4-3-5-7-10/h3-7,9,11H,8H2,1-2H3/t11-/m1/s1. The Labute approximate surface area is 83.1 Å². The van der Waals surface area contributed by atoms with Gasteiger partial charge in [0.15, 0.2) is 0 Å². The van der Waals surface area contributed by atoms with Gasteiger partial charge in [-0.2, -0.15) is 0 Å². The van der Waals surface area contributed by atoms with Crippen molar-refractivity contribution in [1.82, 2.24) is 0 Å². The fraction of sp³-hybridized carbons (Fsp3) is 0.455. The van der Waals surface area contributed by atoms with Gasteiger partial charge < -0.3 is 0 Å². The first kappa shape index (κ1) is 9.79. The number of hydrogen-bond acceptors (Lipinski definition) is 0. The van der Waals surface area contributed by atoms with E-state index in [9.17, 15) is 0 Å². The van der Waals surface area contributed by atoms with Gasteiger partial charge in [-0.25, -0.2) is 0 Å². The molecule has 0 nitrogen and oxygen atoms in total. The highest BCUT2D eigenvalue weighted by atomic mass is 79.9. The van der Waals surface area contributed by atoms with E-state index in [0.29, 0.717) is 4.83 Å². The number of benzene rings is 1. The lowest BCUT2D eigenvalue weighted by atomic mass is 10.0. The second-order valence-corrected chi connectivity index (χ2v) is 4.61. The van der Waals surface area contributed by atoms with Crippen LogP contribution in [-0.4, -0.2) is 0 Å². The lowest BCUT2D eigenvalue weighted by Crippen LogP contribution is -1.95. The summed E-state index contributed by atoms with van der Waals surface area (Å²) in [6.07, 6.45) is 1.20. The summed E-state index contributed by atoms with van der Waals surface area (Å²) < 4.78 is 0. The Hall–Kier alpha value is -0.300. The minimum Gasteiger partial charge on any atom is -0.0839 e. The molecule has 1 aromatic rings. The highest BCUT2D eigenvalue weighted by Crippen LogP contribution is 2.28. The topological polar surface area (TPSA) is 0 Å². The van der Waals surface area contributed by atoms with Crippen LogP contribution in [0.3, 0.4) is 0 Å². The maximum absolute atomic E-state index is 3.69. The third kappa shape index (κ3) is 2.98. The second-order valence-electron chi connectivity index (χ2n) is 3.51. The highest BCUT2D eigenvalue weighted by Gasteiger charge is 2.07. The van der Waals surface area contributed by atoms with Crippen molar-refractivity contribution in [3.63, 3.8) is 0 Å². The lowest BCUT2D eigenvalue weighted by molar-refractivity contribution is 0.584. The smallest absolute Gasteiger partial charge is 0.0397 e. The summed E-state index contributed by atoms with van der Waals surface area (Å²) in [5.74, 6) is 0.745. The van der Waals surface area contributed by atoms with Gasteiger partial charge in [0.2, 0.25) is 0 Å².